The molecule has 1 heterocycles. The zero-order valence-electron chi connectivity index (χ0n) is 15.7. The van der Waals surface area contributed by atoms with Crippen molar-refractivity contribution in [2.24, 2.45) is 0 Å². The van der Waals surface area contributed by atoms with Gasteiger partial charge in [0.1, 0.15) is 11.8 Å². The van der Waals surface area contributed by atoms with E-state index >= 15 is 0 Å². The molecule has 1 aromatic heterocycles. The zero-order chi connectivity index (χ0) is 18.9. The summed E-state index contributed by atoms with van der Waals surface area (Å²) in [6, 6.07) is 20.1. The van der Waals surface area contributed by atoms with Gasteiger partial charge in [-0.1, -0.05) is 54.1 Å². The van der Waals surface area contributed by atoms with Crippen LogP contribution in [0, 0.1) is 0 Å². The fourth-order valence-corrected chi connectivity index (χ4v) is 2.82. The van der Waals surface area contributed by atoms with Gasteiger partial charge in [-0.05, 0) is 42.3 Å². The lowest BCUT2D eigenvalue weighted by molar-refractivity contribution is -0.00000603. The summed E-state index contributed by atoms with van der Waals surface area (Å²) in [5.74, 6) is 1.43. The molecule has 0 saturated carbocycles. The van der Waals surface area contributed by atoms with Crippen LogP contribution in [0.2, 0.25) is 5.15 Å². The largest absolute Gasteiger partial charge is 1.00 e. The molecule has 0 bridgehead atoms. The average Bonchev–Trinajstić information content (AvgIpc) is 2.72. The highest BCUT2D eigenvalue weighted by Gasteiger charge is 2.07. The fraction of sp³-hybridized carbons (Fsp3) is 0.227. The first-order valence-electron chi connectivity index (χ1n) is 8.89. The van der Waals surface area contributed by atoms with Crippen molar-refractivity contribution < 1.29 is 21.9 Å². The maximum absolute atomic E-state index is 5.86. The van der Waals surface area contributed by atoms with Gasteiger partial charge in [0.15, 0.2) is 11.5 Å². The smallest absolute Gasteiger partial charge is 0.161 e. The van der Waals surface area contributed by atoms with Crippen LogP contribution in [0.4, 0.5) is 0 Å². The summed E-state index contributed by atoms with van der Waals surface area (Å²) >= 11 is 5.80. The lowest BCUT2D eigenvalue weighted by Crippen LogP contribution is -3.00. The van der Waals surface area contributed by atoms with E-state index in [-0.39, 0.29) is 12.4 Å². The lowest BCUT2D eigenvalue weighted by Gasteiger charge is -2.13. The molecule has 0 unspecified atom stereocenters. The Kier molecular flexibility index (Phi) is 9.08. The molecule has 0 radical (unpaired) electrons. The van der Waals surface area contributed by atoms with Crippen LogP contribution >= 0.6 is 11.6 Å². The molecule has 4 nitrogen and oxygen atoms in total. The van der Waals surface area contributed by atoms with E-state index in [0.29, 0.717) is 17.5 Å². The minimum absolute atomic E-state index is 0. The number of nitrogens with zero attached hydrogens (tertiary/aromatic N) is 1. The number of hydrogen-bond acceptors (Lipinski definition) is 4. The van der Waals surface area contributed by atoms with Gasteiger partial charge in [-0.2, -0.15) is 0 Å². The van der Waals surface area contributed by atoms with E-state index in [9.17, 15) is 0 Å². The summed E-state index contributed by atoms with van der Waals surface area (Å²) in [6.07, 6.45) is 2.72. The maximum Gasteiger partial charge on any atom is 0.161 e. The molecule has 28 heavy (non-hydrogen) atoms. The maximum atomic E-state index is 5.86. The predicted octanol–water partition coefficient (Wildman–Crippen LogP) is 1.66. The molecular weight excluding hydrogens is 395 g/mol. The molecule has 0 aliphatic heterocycles. The van der Waals surface area contributed by atoms with Crippen LogP contribution < -0.4 is 27.2 Å². The summed E-state index contributed by atoms with van der Waals surface area (Å²) < 4.78 is 11.3. The first-order valence-corrected chi connectivity index (χ1v) is 9.27. The molecule has 6 heteroatoms. The molecule has 0 atom stereocenters. The summed E-state index contributed by atoms with van der Waals surface area (Å²) in [7, 11) is 1.65. The third kappa shape index (κ3) is 6.71. The van der Waals surface area contributed by atoms with E-state index < -0.39 is 0 Å². The summed E-state index contributed by atoms with van der Waals surface area (Å²) in [6.45, 7) is 2.12. The monoisotopic (exact) mass is 417 g/mol. The molecule has 0 fully saturated rings. The van der Waals surface area contributed by atoms with Crippen LogP contribution in [0.3, 0.4) is 0 Å². The van der Waals surface area contributed by atoms with Gasteiger partial charge < -0.3 is 27.2 Å². The highest BCUT2D eigenvalue weighted by molar-refractivity contribution is 6.29. The molecule has 0 saturated heterocycles. The van der Waals surface area contributed by atoms with Crippen LogP contribution in [0.5, 0.6) is 11.5 Å². The number of aromatic nitrogens is 1. The number of rotatable bonds is 9. The van der Waals surface area contributed by atoms with Crippen LogP contribution in [-0.2, 0) is 19.6 Å². The Morgan fingerprint density at radius 3 is 2.43 bits per heavy atom. The Bertz CT molecular complexity index is 843. The van der Waals surface area contributed by atoms with Crippen LogP contribution in [0.1, 0.15) is 16.7 Å². The molecule has 2 aromatic carbocycles. The number of benzene rings is 2. The minimum atomic E-state index is 0. The molecule has 0 aliphatic carbocycles. The number of halogens is 2. The fourth-order valence-electron chi connectivity index (χ4n) is 2.70. The van der Waals surface area contributed by atoms with Gasteiger partial charge in [-0.3, -0.25) is 0 Å². The summed E-state index contributed by atoms with van der Waals surface area (Å²) in [5, 5.41) is 3.94. The van der Waals surface area contributed by atoms with E-state index in [1.165, 1.54) is 5.56 Å². The van der Waals surface area contributed by atoms with Gasteiger partial charge in [0.25, 0.3) is 0 Å². The molecule has 0 spiro atoms. The van der Waals surface area contributed by atoms with Crippen molar-refractivity contribution in [2.45, 2.75) is 19.6 Å². The van der Waals surface area contributed by atoms with Gasteiger partial charge in [-0.25, -0.2) is 4.98 Å². The highest BCUT2D eigenvalue weighted by Crippen LogP contribution is 2.28. The van der Waals surface area contributed by atoms with Crippen molar-refractivity contribution in [3.63, 3.8) is 0 Å². The van der Waals surface area contributed by atoms with Gasteiger partial charge in [0.05, 0.1) is 7.11 Å². The molecular formula is C22H23Cl2N2O2-. The molecule has 3 rings (SSSR count). The Labute approximate surface area is 177 Å². The van der Waals surface area contributed by atoms with Crippen LogP contribution in [0.25, 0.3) is 0 Å². The Morgan fingerprint density at radius 2 is 1.71 bits per heavy atom. The van der Waals surface area contributed by atoms with E-state index in [2.05, 4.69) is 34.6 Å². The lowest BCUT2D eigenvalue weighted by atomic mass is 10.1. The highest BCUT2D eigenvalue weighted by atomic mass is 35.5. The molecule has 0 amide bonds. The number of hydrogen-bond donors (Lipinski definition) is 1. The molecule has 1 N–H and O–H groups in total. The Hall–Kier alpha value is -2.27. The Morgan fingerprint density at radius 1 is 0.929 bits per heavy atom. The number of ether oxygens (including phenoxy) is 2. The second-order valence-corrected chi connectivity index (χ2v) is 6.56. The predicted molar refractivity (Wildman–Crippen MR) is 108 cm³/mol. The van der Waals surface area contributed by atoms with E-state index in [1.54, 1.807) is 19.4 Å². The molecule has 148 valence electrons. The van der Waals surface area contributed by atoms with Gasteiger partial charge in [0, 0.05) is 18.3 Å². The van der Waals surface area contributed by atoms with E-state index in [0.717, 1.165) is 36.4 Å². The number of nitrogens with one attached hydrogen (secondary N) is 1. The summed E-state index contributed by atoms with van der Waals surface area (Å²) in [4.78, 5) is 4.06. The topological polar surface area (TPSA) is 43.4 Å². The second kappa shape index (κ2) is 11.5. The zero-order valence-corrected chi connectivity index (χ0v) is 17.2. The van der Waals surface area contributed by atoms with Crippen molar-refractivity contribution >= 4 is 11.6 Å². The third-order valence-corrected chi connectivity index (χ3v) is 4.40. The average molecular weight is 418 g/mol. The normalized spacial score (nSPS) is 10.2. The molecule has 0 aliphatic rings. The van der Waals surface area contributed by atoms with Crippen molar-refractivity contribution in [3.05, 3.63) is 88.7 Å². The van der Waals surface area contributed by atoms with Gasteiger partial charge in [-0.15, -0.1) is 0 Å². The molecule has 3 aromatic rings. The van der Waals surface area contributed by atoms with Crippen LogP contribution in [0.15, 0.2) is 66.9 Å². The number of pyridine rings is 1. The second-order valence-electron chi connectivity index (χ2n) is 6.18. The summed E-state index contributed by atoms with van der Waals surface area (Å²) in [5.41, 5.74) is 3.44. The van der Waals surface area contributed by atoms with Gasteiger partial charge >= 0.3 is 0 Å². The van der Waals surface area contributed by atoms with E-state index in [1.807, 2.05) is 30.3 Å². The SMILES string of the molecule is COc1cc(CNCCc2ccccc2)ccc1OCc1ccc(Cl)nc1.[Cl-]. The first kappa shape index (κ1) is 22.0. The van der Waals surface area contributed by atoms with Gasteiger partial charge in [0.2, 0.25) is 0 Å². The quantitative estimate of drug-likeness (QED) is 0.424. The van der Waals surface area contributed by atoms with E-state index in [4.69, 9.17) is 21.1 Å². The minimum Gasteiger partial charge on any atom is -1.00 e. The standard InChI is InChI=1S/C22H23ClN2O2.ClH/c1-26-21-13-18(14-24-12-11-17-5-3-2-4-6-17)7-9-20(21)27-16-19-8-10-22(23)25-15-19;/h2-10,13,15,24H,11-12,14,16H2,1H3;1H/p-1. The van der Waals surface area contributed by atoms with Crippen molar-refractivity contribution in [1.29, 1.82) is 0 Å². The third-order valence-electron chi connectivity index (χ3n) is 4.17. The van der Waals surface area contributed by atoms with Crippen LogP contribution in [-0.4, -0.2) is 18.6 Å². The van der Waals surface area contributed by atoms with Crippen molar-refractivity contribution in [3.8, 4) is 11.5 Å². The number of methoxy groups -OCH3 is 1. The van der Waals surface area contributed by atoms with Crippen molar-refractivity contribution in [1.82, 2.24) is 10.3 Å². The first-order chi connectivity index (χ1) is 13.2. The van der Waals surface area contributed by atoms with Crippen molar-refractivity contribution in [2.75, 3.05) is 13.7 Å². The Balaban J connectivity index is 0.00000280.